The molecule has 26 heavy (non-hydrogen) atoms. The molecule has 0 bridgehead atoms. The summed E-state index contributed by atoms with van der Waals surface area (Å²) < 4.78 is 2.75. The van der Waals surface area contributed by atoms with Gasteiger partial charge in [0.2, 0.25) is 5.95 Å². The lowest BCUT2D eigenvalue weighted by Gasteiger charge is -2.06. The van der Waals surface area contributed by atoms with Crippen molar-refractivity contribution in [2.75, 3.05) is 17.6 Å². The molecule has 0 aliphatic carbocycles. The third kappa shape index (κ3) is 3.63. The highest BCUT2D eigenvalue weighted by atomic mass is 32.2. The van der Waals surface area contributed by atoms with Gasteiger partial charge in [-0.3, -0.25) is 9.78 Å². The number of benzene rings is 1. The van der Waals surface area contributed by atoms with Gasteiger partial charge in [0.25, 0.3) is 5.56 Å². The van der Waals surface area contributed by atoms with Crippen LogP contribution in [0.5, 0.6) is 0 Å². The molecule has 0 fully saturated rings. The van der Waals surface area contributed by atoms with Crippen molar-refractivity contribution in [2.24, 2.45) is 0 Å². The molecule has 0 aliphatic heterocycles. The number of aromatic nitrogens is 5. The van der Waals surface area contributed by atoms with Gasteiger partial charge in [-0.15, -0.1) is 11.3 Å². The molecule has 0 aliphatic rings. The van der Waals surface area contributed by atoms with Crippen molar-refractivity contribution in [3.8, 4) is 5.69 Å². The molecule has 3 aromatic heterocycles. The van der Waals surface area contributed by atoms with E-state index in [1.54, 1.807) is 34.0 Å². The molecule has 0 amide bonds. The smallest absolute Gasteiger partial charge is 0.263 e. The highest BCUT2D eigenvalue weighted by Crippen LogP contribution is 2.20. The van der Waals surface area contributed by atoms with Crippen LogP contribution in [0.1, 0.15) is 6.42 Å². The average Bonchev–Trinajstić information content (AvgIpc) is 3.32. The summed E-state index contributed by atoms with van der Waals surface area (Å²) in [5, 5.41) is 9.93. The number of nitrogens with one attached hydrogen (secondary N) is 2. The molecule has 0 unspecified atom stereocenters. The van der Waals surface area contributed by atoms with Gasteiger partial charge in [0.05, 0.1) is 11.9 Å². The zero-order chi connectivity index (χ0) is 17.8. The Morgan fingerprint density at radius 1 is 1.27 bits per heavy atom. The first-order valence-corrected chi connectivity index (χ1v) is 9.97. The first-order chi connectivity index (χ1) is 12.8. The van der Waals surface area contributed by atoms with Gasteiger partial charge in [0.1, 0.15) is 9.73 Å². The van der Waals surface area contributed by atoms with Crippen molar-refractivity contribution in [1.29, 1.82) is 0 Å². The first kappa shape index (κ1) is 16.8. The van der Waals surface area contributed by atoms with E-state index in [0.717, 1.165) is 22.2 Å². The van der Waals surface area contributed by atoms with Crippen molar-refractivity contribution < 1.29 is 0 Å². The number of hydrogen-bond acceptors (Lipinski definition) is 7. The molecule has 3 heterocycles. The van der Waals surface area contributed by atoms with Gasteiger partial charge >= 0.3 is 0 Å². The number of thioether (sulfide) groups is 1. The number of rotatable bonds is 7. The van der Waals surface area contributed by atoms with E-state index >= 15 is 0 Å². The zero-order valence-corrected chi connectivity index (χ0v) is 15.4. The minimum absolute atomic E-state index is 0.197. The fourth-order valence-electron chi connectivity index (χ4n) is 2.48. The van der Waals surface area contributed by atoms with Crippen molar-refractivity contribution >= 4 is 40.1 Å². The third-order valence-corrected chi connectivity index (χ3v) is 5.74. The molecular formula is C17H16N6OS2. The lowest BCUT2D eigenvalue weighted by Crippen LogP contribution is -2.14. The number of fused-ring (bicyclic) bond motifs is 1. The van der Waals surface area contributed by atoms with Crippen molar-refractivity contribution in [3.63, 3.8) is 0 Å². The first-order valence-electron chi connectivity index (χ1n) is 8.11. The van der Waals surface area contributed by atoms with Gasteiger partial charge in [-0.1, -0.05) is 30.0 Å². The van der Waals surface area contributed by atoms with Gasteiger partial charge in [-0.25, -0.2) is 9.67 Å². The number of para-hydroxylation sites is 1. The van der Waals surface area contributed by atoms with Crippen molar-refractivity contribution in [2.45, 2.75) is 10.8 Å². The predicted molar refractivity (Wildman–Crippen MR) is 105 cm³/mol. The van der Waals surface area contributed by atoms with Crippen LogP contribution in [-0.2, 0) is 0 Å². The van der Waals surface area contributed by atoms with Gasteiger partial charge in [0, 0.05) is 23.9 Å². The Morgan fingerprint density at radius 3 is 2.96 bits per heavy atom. The number of hydrogen-bond donors (Lipinski definition) is 2. The normalized spacial score (nSPS) is 11.1. The lowest BCUT2D eigenvalue weighted by molar-refractivity contribution is 0.891. The summed E-state index contributed by atoms with van der Waals surface area (Å²) in [5.74, 6) is 1.41. The highest BCUT2D eigenvalue weighted by Gasteiger charge is 2.11. The van der Waals surface area contributed by atoms with Crippen LogP contribution in [0.2, 0.25) is 0 Å². The average molecular weight is 384 g/mol. The summed E-state index contributed by atoms with van der Waals surface area (Å²) in [7, 11) is 0. The second kappa shape index (κ2) is 7.71. The molecule has 4 aromatic rings. The standard InChI is InChI=1S/C17H16N6OS2/c24-15-13-11-20-23(12-5-2-1-3-6-12)14(13)21-16(22-15)18-7-4-9-25-17-19-8-10-26-17/h1-3,5-6,8,10-11H,4,7,9H2,(H2,18,21,22,24). The van der Waals surface area contributed by atoms with E-state index in [4.69, 9.17) is 0 Å². The van der Waals surface area contributed by atoms with Crippen LogP contribution in [0.15, 0.2) is 57.2 Å². The Hall–Kier alpha value is -2.65. The maximum Gasteiger partial charge on any atom is 0.263 e. The van der Waals surface area contributed by atoms with E-state index in [1.165, 1.54) is 0 Å². The van der Waals surface area contributed by atoms with E-state index in [1.807, 2.05) is 41.9 Å². The summed E-state index contributed by atoms with van der Waals surface area (Å²) in [5.41, 5.74) is 1.21. The Morgan fingerprint density at radius 2 is 2.15 bits per heavy atom. The molecule has 4 rings (SSSR count). The summed E-state index contributed by atoms with van der Waals surface area (Å²) in [6.07, 6.45) is 4.29. The van der Waals surface area contributed by atoms with Gasteiger partial charge in [0.15, 0.2) is 5.65 Å². The SMILES string of the molecule is O=c1[nH]c(NCCCSc2nccs2)nc2c1cnn2-c1ccccc1. The predicted octanol–water partition coefficient (Wildman–Crippen LogP) is 3.16. The summed E-state index contributed by atoms with van der Waals surface area (Å²) in [4.78, 5) is 23.8. The lowest BCUT2D eigenvalue weighted by atomic mass is 10.3. The monoisotopic (exact) mass is 384 g/mol. The van der Waals surface area contributed by atoms with E-state index < -0.39 is 0 Å². The van der Waals surface area contributed by atoms with Crippen LogP contribution in [0.4, 0.5) is 5.95 Å². The molecule has 0 saturated heterocycles. The summed E-state index contributed by atoms with van der Waals surface area (Å²) in [6.45, 7) is 0.715. The summed E-state index contributed by atoms with van der Waals surface area (Å²) >= 11 is 3.37. The second-order valence-corrected chi connectivity index (χ2v) is 7.71. The molecule has 0 spiro atoms. The third-order valence-electron chi connectivity index (χ3n) is 3.69. The number of thiazole rings is 1. The van der Waals surface area contributed by atoms with E-state index in [0.29, 0.717) is 23.5 Å². The highest BCUT2D eigenvalue weighted by molar-refractivity contribution is 8.00. The molecule has 7 nitrogen and oxygen atoms in total. The van der Waals surface area contributed by atoms with E-state index in [9.17, 15) is 4.79 Å². The molecule has 0 radical (unpaired) electrons. The van der Waals surface area contributed by atoms with E-state index in [2.05, 4.69) is 25.4 Å². The van der Waals surface area contributed by atoms with Crippen LogP contribution in [0.3, 0.4) is 0 Å². The van der Waals surface area contributed by atoms with Crippen molar-refractivity contribution in [3.05, 3.63) is 58.5 Å². The van der Waals surface area contributed by atoms with Crippen LogP contribution >= 0.6 is 23.1 Å². The molecule has 132 valence electrons. The largest absolute Gasteiger partial charge is 0.356 e. The van der Waals surface area contributed by atoms with Crippen LogP contribution in [0, 0.1) is 0 Å². The molecule has 2 N–H and O–H groups in total. The molecule has 0 saturated carbocycles. The van der Waals surface area contributed by atoms with Crippen molar-refractivity contribution in [1.82, 2.24) is 24.7 Å². The van der Waals surface area contributed by atoms with Crippen LogP contribution < -0.4 is 10.9 Å². The molecule has 9 heteroatoms. The quantitative estimate of drug-likeness (QED) is 0.376. The fraction of sp³-hybridized carbons (Fsp3) is 0.176. The number of anilines is 1. The Kier molecular flexibility index (Phi) is 4.98. The maximum absolute atomic E-state index is 12.3. The Labute approximate surface area is 157 Å². The Bertz CT molecular complexity index is 1040. The number of nitrogens with zero attached hydrogens (tertiary/aromatic N) is 4. The van der Waals surface area contributed by atoms with E-state index in [-0.39, 0.29) is 5.56 Å². The number of H-pyrrole nitrogens is 1. The second-order valence-electron chi connectivity index (χ2n) is 5.47. The van der Waals surface area contributed by atoms with Crippen LogP contribution in [0.25, 0.3) is 16.7 Å². The molecule has 1 aromatic carbocycles. The molecular weight excluding hydrogens is 368 g/mol. The molecule has 0 atom stereocenters. The van der Waals surface area contributed by atoms with Gasteiger partial charge in [-0.05, 0) is 18.6 Å². The summed E-state index contributed by atoms with van der Waals surface area (Å²) in [6, 6.07) is 9.65. The fourth-order valence-corrected chi connectivity index (χ4v) is 4.13. The topological polar surface area (TPSA) is 88.5 Å². The van der Waals surface area contributed by atoms with Crippen LogP contribution in [-0.4, -0.2) is 37.0 Å². The van der Waals surface area contributed by atoms with Gasteiger partial charge < -0.3 is 5.32 Å². The number of aromatic amines is 1. The Balaban J connectivity index is 1.46. The maximum atomic E-state index is 12.3. The zero-order valence-electron chi connectivity index (χ0n) is 13.8. The van der Waals surface area contributed by atoms with Gasteiger partial charge in [-0.2, -0.15) is 10.1 Å². The minimum atomic E-state index is -0.197. The minimum Gasteiger partial charge on any atom is -0.356 e.